The second-order valence-electron chi connectivity index (χ2n) is 4.95. The van der Waals surface area contributed by atoms with Gasteiger partial charge in [0.25, 0.3) is 0 Å². The van der Waals surface area contributed by atoms with E-state index in [0.717, 1.165) is 23.7 Å². The van der Waals surface area contributed by atoms with Gasteiger partial charge in [0.1, 0.15) is 0 Å². The Kier molecular flexibility index (Phi) is 3.89. The molecule has 3 heteroatoms. The van der Waals surface area contributed by atoms with Crippen molar-refractivity contribution in [1.29, 1.82) is 0 Å². The number of nitrogen functional groups attached to an aromatic ring is 1. The number of rotatable bonds is 4. The first-order valence-electron chi connectivity index (χ1n) is 6.52. The highest BCUT2D eigenvalue weighted by Gasteiger charge is 2.20. The number of nitrogens with zero attached hydrogens (tertiary/aromatic N) is 1. The second kappa shape index (κ2) is 5.41. The lowest BCUT2D eigenvalue weighted by molar-refractivity contribution is 0.345. The number of benzene rings is 1. The lowest BCUT2D eigenvalue weighted by Crippen LogP contribution is -2.22. The summed E-state index contributed by atoms with van der Waals surface area (Å²) in [7, 11) is 0. The molecule has 2 rings (SSSR count). The van der Waals surface area contributed by atoms with Crippen LogP contribution in [-0.2, 0) is 0 Å². The summed E-state index contributed by atoms with van der Waals surface area (Å²) in [6, 6.07) is 6.07. The van der Waals surface area contributed by atoms with Gasteiger partial charge >= 0.3 is 0 Å². The maximum atomic E-state index is 5.90. The van der Waals surface area contributed by atoms with E-state index >= 15 is 0 Å². The summed E-state index contributed by atoms with van der Waals surface area (Å²) in [4.78, 5) is 2.51. The number of hydrogen-bond donors (Lipinski definition) is 2. The molecule has 1 fully saturated rings. The average Bonchev–Trinajstić information content (AvgIpc) is 2.79. The molecule has 0 spiro atoms. The van der Waals surface area contributed by atoms with Gasteiger partial charge in [0.15, 0.2) is 0 Å². The van der Waals surface area contributed by atoms with Crippen LogP contribution in [0.2, 0.25) is 0 Å². The van der Waals surface area contributed by atoms with E-state index < -0.39 is 0 Å². The van der Waals surface area contributed by atoms with Crippen LogP contribution in [0, 0.1) is 12.8 Å². The lowest BCUT2D eigenvalue weighted by Gasteiger charge is -2.16. The monoisotopic (exact) mass is 233 g/mol. The molecule has 1 aromatic rings. The lowest BCUT2D eigenvalue weighted by atomic mass is 10.1. The fourth-order valence-electron chi connectivity index (χ4n) is 2.47. The predicted molar refractivity (Wildman–Crippen MR) is 74.3 cm³/mol. The van der Waals surface area contributed by atoms with Crippen LogP contribution in [0.1, 0.15) is 18.9 Å². The Morgan fingerprint density at radius 3 is 3.00 bits per heavy atom. The van der Waals surface area contributed by atoms with Gasteiger partial charge in [0.05, 0.1) is 0 Å². The van der Waals surface area contributed by atoms with Gasteiger partial charge in [0, 0.05) is 24.5 Å². The van der Waals surface area contributed by atoms with Crippen molar-refractivity contribution in [2.24, 2.45) is 5.92 Å². The zero-order valence-corrected chi connectivity index (χ0v) is 10.9. The molecule has 1 unspecified atom stereocenters. The minimum Gasteiger partial charge on any atom is -0.398 e. The van der Waals surface area contributed by atoms with Crippen molar-refractivity contribution in [2.75, 3.05) is 37.2 Å². The molecule has 1 aromatic carbocycles. The number of anilines is 2. The van der Waals surface area contributed by atoms with Gasteiger partial charge in [-0.2, -0.15) is 0 Å². The number of nitrogens with two attached hydrogens (primary N) is 1. The first kappa shape index (κ1) is 12.2. The van der Waals surface area contributed by atoms with E-state index in [1.54, 1.807) is 0 Å². The molecular formula is C14H23N3. The Morgan fingerprint density at radius 2 is 2.29 bits per heavy atom. The van der Waals surface area contributed by atoms with Gasteiger partial charge in [0.2, 0.25) is 0 Å². The maximum absolute atomic E-state index is 5.90. The van der Waals surface area contributed by atoms with Crippen molar-refractivity contribution in [3.8, 4) is 0 Å². The standard InChI is InChI=1S/C14H23N3/c1-3-17-8-7-12(10-17)9-16-14-6-4-5-13(15)11(14)2/h4-6,12,16H,3,7-10,15H2,1-2H3. The Bertz CT molecular complexity index is 376. The summed E-state index contributed by atoms with van der Waals surface area (Å²) in [5, 5.41) is 3.53. The van der Waals surface area contributed by atoms with Crippen LogP contribution in [0.25, 0.3) is 0 Å². The number of nitrogens with one attached hydrogen (secondary N) is 1. The van der Waals surface area contributed by atoms with Crippen molar-refractivity contribution in [1.82, 2.24) is 4.90 Å². The first-order valence-corrected chi connectivity index (χ1v) is 6.52. The highest BCUT2D eigenvalue weighted by atomic mass is 15.1. The van der Waals surface area contributed by atoms with Gasteiger partial charge in [-0.1, -0.05) is 13.0 Å². The molecule has 1 saturated heterocycles. The summed E-state index contributed by atoms with van der Waals surface area (Å²) in [6.45, 7) is 9.01. The quantitative estimate of drug-likeness (QED) is 0.784. The summed E-state index contributed by atoms with van der Waals surface area (Å²) in [6.07, 6.45) is 1.31. The van der Waals surface area contributed by atoms with Crippen LogP contribution in [0.5, 0.6) is 0 Å². The molecular weight excluding hydrogens is 210 g/mol. The summed E-state index contributed by atoms with van der Waals surface area (Å²) in [5.74, 6) is 0.774. The molecule has 3 nitrogen and oxygen atoms in total. The Labute approximate surface area is 104 Å². The molecule has 0 aromatic heterocycles. The topological polar surface area (TPSA) is 41.3 Å². The van der Waals surface area contributed by atoms with Gasteiger partial charge in [-0.15, -0.1) is 0 Å². The zero-order valence-electron chi connectivity index (χ0n) is 10.9. The molecule has 0 amide bonds. The minimum atomic E-state index is 0.774. The van der Waals surface area contributed by atoms with E-state index in [1.807, 2.05) is 12.1 Å². The fourth-order valence-corrected chi connectivity index (χ4v) is 2.47. The van der Waals surface area contributed by atoms with E-state index in [-0.39, 0.29) is 0 Å². The Hall–Kier alpha value is -1.22. The highest BCUT2D eigenvalue weighted by Crippen LogP contribution is 2.22. The smallest absolute Gasteiger partial charge is 0.0390 e. The van der Waals surface area contributed by atoms with Crippen LogP contribution in [-0.4, -0.2) is 31.1 Å². The third kappa shape index (κ3) is 2.91. The van der Waals surface area contributed by atoms with Crippen LogP contribution in [0.4, 0.5) is 11.4 Å². The third-order valence-corrected chi connectivity index (χ3v) is 3.77. The molecule has 1 atom stereocenters. The molecule has 17 heavy (non-hydrogen) atoms. The first-order chi connectivity index (χ1) is 8.20. The molecule has 0 bridgehead atoms. The molecule has 1 aliphatic heterocycles. The van der Waals surface area contributed by atoms with Crippen LogP contribution < -0.4 is 11.1 Å². The maximum Gasteiger partial charge on any atom is 0.0390 e. The molecule has 1 heterocycles. The second-order valence-corrected chi connectivity index (χ2v) is 4.95. The largest absolute Gasteiger partial charge is 0.398 e. The molecule has 0 radical (unpaired) electrons. The summed E-state index contributed by atoms with van der Waals surface area (Å²) < 4.78 is 0. The summed E-state index contributed by atoms with van der Waals surface area (Å²) in [5.41, 5.74) is 9.12. The van der Waals surface area contributed by atoms with Crippen molar-refractivity contribution in [2.45, 2.75) is 20.3 Å². The Morgan fingerprint density at radius 1 is 1.47 bits per heavy atom. The number of likely N-dealkylation sites (tertiary alicyclic amines) is 1. The zero-order chi connectivity index (χ0) is 12.3. The van der Waals surface area contributed by atoms with Crippen molar-refractivity contribution < 1.29 is 0 Å². The van der Waals surface area contributed by atoms with Crippen LogP contribution in [0.15, 0.2) is 18.2 Å². The predicted octanol–water partition coefficient (Wildman–Crippen LogP) is 2.33. The van der Waals surface area contributed by atoms with E-state index in [0.29, 0.717) is 0 Å². The number of hydrogen-bond acceptors (Lipinski definition) is 3. The van der Waals surface area contributed by atoms with E-state index in [2.05, 4.69) is 30.1 Å². The van der Waals surface area contributed by atoms with Gasteiger partial charge in [-0.3, -0.25) is 0 Å². The average molecular weight is 233 g/mol. The third-order valence-electron chi connectivity index (χ3n) is 3.77. The van der Waals surface area contributed by atoms with Gasteiger partial charge < -0.3 is 16.0 Å². The molecule has 3 N–H and O–H groups in total. The van der Waals surface area contributed by atoms with E-state index in [9.17, 15) is 0 Å². The Balaban J connectivity index is 1.88. The molecule has 94 valence electrons. The van der Waals surface area contributed by atoms with E-state index in [1.165, 1.54) is 31.7 Å². The molecule has 0 saturated carbocycles. The molecule has 0 aliphatic carbocycles. The van der Waals surface area contributed by atoms with Crippen LogP contribution in [0.3, 0.4) is 0 Å². The minimum absolute atomic E-state index is 0.774. The molecule has 1 aliphatic rings. The SMILES string of the molecule is CCN1CCC(CNc2cccc(N)c2C)C1. The van der Waals surface area contributed by atoms with Crippen molar-refractivity contribution in [3.63, 3.8) is 0 Å². The van der Waals surface area contributed by atoms with Crippen molar-refractivity contribution >= 4 is 11.4 Å². The van der Waals surface area contributed by atoms with E-state index in [4.69, 9.17) is 5.73 Å². The van der Waals surface area contributed by atoms with Gasteiger partial charge in [-0.25, -0.2) is 0 Å². The summed E-state index contributed by atoms with van der Waals surface area (Å²) >= 11 is 0. The van der Waals surface area contributed by atoms with Crippen molar-refractivity contribution in [3.05, 3.63) is 23.8 Å². The fraction of sp³-hybridized carbons (Fsp3) is 0.571. The normalized spacial score (nSPS) is 20.7. The van der Waals surface area contributed by atoms with Gasteiger partial charge in [-0.05, 0) is 50.0 Å². The highest BCUT2D eigenvalue weighted by molar-refractivity contribution is 5.62. The van der Waals surface area contributed by atoms with Crippen LogP contribution >= 0.6 is 0 Å².